The molecule has 0 radical (unpaired) electrons. The largest absolute Gasteiger partial charge is 0.496 e. The molecule has 0 saturated carbocycles. The molecule has 0 bridgehead atoms. The third kappa shape index (κ3) is 2.50. The number of nitrogens with one attached hydrogen (secondary N) is 1. The standard InChI is InChI=1S/C23H25NO2/c1-6-8-18-22-15(21-17(25-5)9-7-10-19(21)26-18)11-12-16-20(22)14(2)13-23(3,4)24-16/h6-7,9-13,18,24H,1,8H2,2-5H3/t18-/m0/s1. The lowest BCUT2D eigenvalue weighted by Crippen LogP contribution is -2.32. The molecule has 0 aromatic heterocycles. The van der Waals surface area contributed by atoms with Crippen molar-refractivity contribution in [3.63, 3.8) is 0 Å². The van der Waals surface area contributed by atoms with Crippen LogP contribution in [0.4, 0.5) is 5.69 Å². The van der Waals surface area contributed by atoms with Crippen LogP contribution in [0.1, 0.15) is 44.4 Å². The van der Waals surface area contributed by atoms with E-state index >= 15 is 0 Å². The number of methoxy groups -OCH3 is 1. The van der Waals surface area contributed by atoms with Gasteiger partial charge in [0.1, 0.15) is 17.6 Å². The predicted molar refractivity (Wildman–Crippen MR) is 108 cm³/mol. The first kappa shape index (κ1) is 16.8. The molecule has 1 atom stereocenters. The van der Waals surface area contributed by atoms with Crippen molar-refractivity contribution >= 4 is 11.3 Å². The summed E-state index contributed by atoms with van der Waals surface area (Å²) in [6.07, 6.45) is 4.93. The molecule has 0 saturated heterocycles. The third-order valence-corrected chi connectivity index (χ3v) is 5.12. The van der Waals surface area contributed by atoms with E-state index < -0.39 is 0 Å². The van der Waals surface area contributed by atoms with Crippen molar-refractivity contribution in [1.82, 2.24) is 0 Å². The van der Waals surface area contributed by atoms with Gasteiger partial charge in [0.2, 0.25) is 0 Å². The van der Waals surface area contributed by atoms with Crippen LogP contribution < -0.4 is 14.8 Å². The van der Waals surface area contributed by atoms with Crippen molar-refractivity contribution in [2.75, 3.05) is 12.4 Å². The summed E-state index contributed by atoms with van der Waals surface area (Å²) in [5.74, 6) is 1.71. The lowest BCUT2D eigenvalue weighted by molar-refractivity contribution is 0.204. The van der Waals surface area contributed by atoms with Gasteiger partial charge in [0, 0.05) is 23.2 Å². The average Bonchev–Trinajstić information content (AvgIpc) is 2.59. The van der Waals surface area contributed by atoms with Gasteiger partial charge in [0.25, 0.3) is 0 Å². The first-order valence-corrected chi connectivity index (χ1v) is 9.05. The lowest BCUT2D eigenvalue weighted by atomic mass is 9.81. The number of hydrogen-bond acceptors (Lipinski definition) is 3. The second-order valence-electron chi connectivity index (χ2n) is 7.59. The Morgan fingerprint density at radius 2 is 2.04 bits per heavy atom. The van der Waals surface area contributed by atoms with Gasteiger partial charge >= 0.3 is 0 Å². The molecule has 2 aliphatic rings. The van der Waals surface area contributed by atoms with Crippen LogP contribution in [-0.4, -0.2) is 12.6 Å². The van der Waals surface area contributed by atoms with Gasteiger partial charge in [0.15, 0.2) is 0 Å². The molecular weight excluding hydrogens is 322 g/mol. The van der Waals surface area contributed by atoms with Gasteiger partial charge in [-0.25, -0.2) is 0 Å². The smallest absolute Gasteiger partial charge is 0.131 e. The lowest BCUT2D eigenvalue weighted by Gasteiger charge is -2.37. The van der Waals surface area contributed by atoms with Crippen LogP contribution in [0.2, 0.25) is 0 Å². The molecule has 2 aromatic carbocycles. The molecule has 134 valence electrons. The molecule has 0 spiro atoms. The summed E-state index contributed by atoms with van der Waals surface area (Å²) in [6.45, 7) is 10.5. The minimum absolute atomic E-state index is 0.0524. The zero-order valence-corrected chi connectivity index (χ0v) is 15.8. The average molecular weight is 347 g/mol. The number of anilines is 1. The van der Waals surface area contributed by atoms with Gasteiger partial charge < -0.3 is 14.8 Å². The second kappa shape index (κ2) is 5.94. The zero-order chi connectivity index (χ0) is 18.5. The fourth-order valence-electron chi connectivity index (χ4n) is 4.27. The maximum Gasteiger partial charge on any atom is 0.131 e. The van der Waals surface area contributed by atoms with Crippen molar-refractivity contribution < 1.29 is 9.47 Å². The summed E-state index contributed by atoms with van der Waals surface area (Å²) < 4.78 is 12.0. The Bertz CT molecular complexity index is 924. The molecule has 26 heavy (non-hydrogen) atoms. The van der Waals surface area contributed by atoms with E-state index in [0.717, 1.165) is 29.2 Å². The molecule has 0 fully saturated rings. The first-order valence-electron chi connectivity index (χ1n) is 9.05. The molecule has 2 aromatic rings. The van der Waals surface area contributed by atoms with Crippen molar-refractivity contribution in [1.29, 1.82) is 0 Å². The van der Waals surface area contributed by atoms with E-state index in [1.807, 2.05) is 24.3 Å². The molecule has 2 heterocycles. The molecule has 0 unspecified atom stereocenters. The van der Waals surface area contributed by atoms with E-state index in [-0.39, 0.29) is 11.6 Å². The highest BCUT2D eigenvalue weighted by molar-refractivity contribution is 5.91. The molecular formula is C23H25NO2. The minimum atomic E-state index is -0.0651. The molecule has 3 nitrogen and oxygen atoms in total. The summed E-state index contributed by atoms with van der Waals surface area (Å²) in [5.41, 5.74) is 7.04. The Hall–Kier alpha value is -2.68. The van der Waals surface area contributed by atoms with E-state index in [0.29, 0.717) is 0 Å². The van der Waals surface area contributed by atoms with Gasteiger partial charge in [0.05, 0.1) is 18.2 Å². The van der Waals surface area contributed by atoms with Crippen LogP contribution in [0.5, 0.6) is 11.5 Å². The molecule has 4 rings (SSSR count). The quantitative estimate of drug-likeness (QED) is 0.693. The van der Waals surface area contributed by atoms with Gasteiger partial charge in [-0.2, -0.15) is 0 Å². The third-order valence-electron chi connectivity index (χ3n) is 5.12. The zero-order valence-electron chi connectivity index (χ0n) is 15.8. The maximum atomic E-state index is 6.40. The van der Waals surface area contributed by atoms with Crippen LogP contribution in [0.3, 0.4) is 0 Å². The molecule has 2 aliphatic heterocycles. The monoisotopic (exact) mass is 347 g/mol. The van der Waals surface area contributed by atoms with Gasteiger partial charge in [-0.05, 0) is 50.1 Å². The van der Waals surface area contributed by atoms with Crippen LogP contribution in [0.15, 0.2) is 49.1 Å². The first-order chi connectivity index (χ1) is 12.4. The fourth-order valence-corrected chi connectivity index (χ4v) is 4.27. The summed E-state index contributed by atoms with van der Waals surface area (Å²) >= 11 is 0. The van der Waals surface area contributed by atoms with Gasteiger partial charge in [-0.1, -0.05) is 24.3 Å². The summed E-state index contributed by atoms with van der Waals surface area (Å²) in [6, 6.07) is 10.3. The number of allylic oxidation sites excluding steroid dienone is 1. The van der Waals surface area contributed by atoms with Gasteiger partial charge in [-0.3, -0.25) is 0 Å². The minimum Gasteiger partial charge on any atom is -0.496 e. The SMILES string of the molecule is C=CC[C@@H]1Oc2cccc(OC)c2-c2ccc3c(c21)C(C)=CC(C)(C)N3. The van der Waals surface area contributed by atoms with Crippen molar-refractivity contribution in [2.24, 2.45) is 0 Å². The highest BCUT2D eigenvalue weighted by atomic mass is 16.5. The van der Waals surface area contributed by atoms with E-state index in [9.17, 15) is 0 Å². The summed E-state index contributed by atoms with van der Waals surface area (Å²) in [7, 11) is 1.71. The number of ether oxygens (including phenoxy) is 2. The Labute approximate surface area is 155 Å². The predicted octanol–water partition coefficient (Wildman–Crippen LogP) is 5.98. The number of rotatable bonds is 3. The van der Waals surface area contributed by atoms with E-state index in [1.54, 1.807) is 7.11 Å². The van der Waals surface area contributed by atoms with Crippen LogP contribution >= 0.6 is 0 Å². The van der Waals surface area contributed by atoms with Crippen LogP contribution in [-0.2, 0) is 0 Å². The Morgan fingerprint density at radius 1 is 1.23 bits per heavy atom. The van der Waals surface area contributed by atoms with E-state index in [1.165, 1.54) is 22.3 Å². The summed E-state index contributed by atoms with van der Waals surface area (Å²) in [5, 5.41) is 3.64. The van der Waals surface area contributed by atoms with Crippen LogP contribution in [0, 0.1) is 0 Å². The number of fused-ring (bicyclic) bond motifs is 5. The van der Waals surface area contributed by atoms with Gasteiger partial charge in [-0.15, -0.1) is 6.58 Å². The molecule has 3 heteroatoms. The Kier molecular flexibility index (Phi) is 3.83. The fraction of sp³-hybridized carbons (Fsp3) is 0.304. The highest BCUT2D eigenvalue weighted by Gasteiger charge is 2.34. The van der Waals surface area contributed by atoms with Crippen molar-refractivity contribution in [2.45, 2.75) is 38.8 Å². The molecule has 0 aliphatic carbocycles. The maximum absolute atomic E-state index is 6.40. The molecule has 0 amide bonds. The number of hydrogen-bond donors (Lipinski definition) is 1. The van der Waals surface area contributed by atoms with Crippen molar-refractivity contribution in [3.05, 3.63) is 60.2 Å². The Balaban J connectivity index is 2.02. The summed E-state index contributed by atoms with van der Waals surface area (Å²) in [4.78, 5) is 0. The van der Waals surface area contributed by atoms with E-state index in [2.05, 4.69) is 50.9 Å². The second-order valence-corrected chi connectivity index (χ2v) is 7.59. The highest BCUT2D eigenvalue weighted by Crippen LogP contribution is 2.52. The topological polar surface area (TPSA) is 30.5 Å². The normalized spacial score (nSPS) is 19.1. The van der Waals surface area contributed by atoms with Crippen LogP contribution in [0.25, 0.3) is 16.7 Å². The Morgan fingerprint density at radius 3 is 2.77 bits per heavy atom. The molecule has 1 N–H and O–H groups in total. The van der Waals surface area contributed by atoms with E-state index in [4.69, 9.17) is 9.47 Å². The number of benzene rings is 2. The van der Waals surface area contributed by atoms with Crippen molar-refractivity contribution in [3.8, 4) is 22.6 Å².